The Kier molecular flexibility index (Phi) is 8.71. The molecular formula is C29H28N2O7. The molecule has 0 spiro atoms. The lowest BCUT2D eigenvalue weighted by molar-refractivity contribution is -0.151. The van der Waals surface area contributed by atoms with Gasteiger partial charge in [-0.1, -0.05) is 84.9 Å². The summed E-state index contributed by atoms with van der Waals surface area (Å²) < 4.78 is 10.6. The summed E-state index contributed by atoms with van der Waals surface area (Å²) in [4.78, 5) is 51.8. The molecule has 38 heavy (non-hydrogen) atoms. The van der Waals surface area contributed by atoms with Gasteiger partial charge in [-0.3, -0.25) is 14.5 Å². The predicted molar refractivity (Wildman–Crippen MR) is 137 cm³/mol. The molecule has 0 bridgehead atoms. The minimum Gasteiger partial charge on any atom is -0.480 e. The summed E-state index contributed by atoms with van der Waals surface area (Å²) in [6, 6.07) is 23.0. The highest BCUT2D eigenvalue weighted by molar-refractivity contribution is 5.91. The minimum atomic E-state index is -1.52. The van der Waals surface area contributed by atoms with Gasteiger partial charge in [0.1, 0.15) is 25.3 Å². The van der Waals surface area contributed by atoms with Crippen LogP contribution in [0.4, 0.5) is 4.79 Å². The van der Waals surface area contributed by atoms with Gasteiger partial charge in [-0.15, -0.1) is 0 Å². The number of esters is 1. The number of hydrogen-bond donors (Lipinski definition) is 2. The highest BCUT2D eigenvalue weighted by Gasteiger charge is 2.37. The molecule has 0 saturated carbocycles. The van der Waals surface area contributed by atoms with Crippen LogP contribution in [0, 0.1) is 0 Å². The molecule has 3 aromatic carbocycles. The number of carbonyl (C=O) groups is 4. The summed E-state index contributed by atoms with van der Waals surface area (Å²) in [7, 11) is 0. The number of nitrogens with one attached hydrogen (secondary N) is 1. The Labute approximate surface area is 220 Å². The number of hydrogen-bond acceptors (Lipinski definition) is 6. The first kappa shape index (κ1) is 26.4. The van der Waals surface area contributed by atoms with E-state index in [4.69, 9.17) is 9.47 Å². The molecule has 9 heteroatoms. The van der Waals surface area contributed by atoms with Gasteiger partial charge in [-0.05, 0) is 22.3 Å². The molecule has 0 aliphatic carbocycles. The number of fused-ring (bicyclic) bond motifs is 1. The highest BCUT2D eigenvalue weighted by atomic mass is 16.6. The van der Waals surface area contributed by atoms with Gasteiger partial charge in [-0.2, -0.15) is 0 Å². The zero-order valence-electron chi connectivity index (χ0n) is 20.6. The first-order valence-electron chi connectivity index (χ1n) is 12.2. The first-order chi connectivity index (χ1) is 18.4. The third-order valence-electron chi connectivity index (χ3n) is 6.22. The molecule has 1 aliphatic rings. The lowest BCUT2D eigenvalue weighted by Gasteiger charge is -2.35. The van der Waals surface area contributed by atoms with E-state index in [0.717, 1.165) is 22.3 Å². The highest BCUT2D eigenvalue weighted by Crippen LogP contribution is 2.25. The van der Waals surface area contributed by atoms with Crippen molar-refractivity contribution in [2.45, 2.75) is 44.7 Å². The second kappa shape index (κ2) is 12.5. The van der Waals surface area contributed by atoms with Gasteiger partial charge >= 0.3 is 18.0 Å². The van der Waals surface area contributed by atoms with E-state index in [2.05, 4.69) is 5.32 Å². The van der Waals surface area contributed by atoms with Gasteiger partial charge in [0.05, 0.1) is 13.0 Å². The molecular weight excluding hydrogens is 488 g/mol. The molecule has 2 N–H and O–H groups in total. The van der Waals surface area contributed by atoms with E-state index in [1.54, 1.807) is 24.3 Å². The second-order valence-corrected chi connectivity index (χ2v) is 8.91. The van der Waals surface area contributed by atoms with E-state index < -0.39 is 42.4 Å². The van der Waals surface area contributed by atoms with E-state index in [1.807, 2.05) is 60.7 Å². The molecule has 4 rings (SSSR count). The number of nitrogens with zero attached hydrogens (tertiary/aromatic N) is 1. The van der Waals surface area contributed by atoms with Crippen molar-refractivity contribution in [3.05, 3.63) is 107 Å². The average Bonchev–Trinajstić information content (AvgIpc) is 2.94. The molecule has 0 aromatic heterocycles. The number of carboxylic acids is 1. The summed E-state index contributed by atoms with van der Waals surface area (Å²) in [6.45, 7) is 0.135. The van der Waals surface area contributed by atoms with Crippen molar-refractivity contribution in [3.63, 3.8) is 0 Å². The van der Waals surface area contributed by atoms with Crippen LogP contribution >= 0.6 is 0 Å². The lowest BCUT2D eigenvalue weighted by atomic mass is 9.93. The predicted octanol–water partition coefficient (Wildman–Crippen LogP) is 3.45. The number of carbonyl (C=O) groups excluding carboxylic acids is 3. The molecule has 0 fully saturated rings. The van der Waals surface area contributed by atoms with E-state index in [-0.39, 0.29) is 26.2 Å². The van der Waals surface area contributed by atoms with E-state index >= 15 is 0 Å². The third kappa shape index (κ3) is 6.97. The van der Waals surface area contributed by atoms with Crippen molar-refractivity contribution in [2.75, 3.05) is 0 Å². The fourth-order valence-electron chi connectivity index (χ4n) is 4.18. The van der Waals surface area contributed by atoms with Crippen LogP contribution < -0.4 is 5.32 Å². The maximum Gasteiger partial charge on any atom is 0.411 e. The van der Waals surface area contributed by atoms with Gasteiger partial charge in [0.25, 0.3) is 0 Å². The van der Waals surface area contributed by atoms with Gasteiger partial charge in [0.15, 0.2) is 0 Å². The Morgan fingerprint density at radius 2 is 1.37 bits per heavy atom. The van der Waals surface area contributed by atoms with Crippen LogP contribution in [0.1, 0.15) is 28.7 Å². The summed E-state index contributed by atoms with van der Waals surface area (Å²) >= 11 is 0. The maximum atomic E-state index is 13.3. The molecule has 0 saturated heterocycles. The third-order valence-corrected chi connectivity index (χ3v) is 6.22. The summed E-state index contributed by atoms with van der Waals surface area (Å²) in [5.74, 6) is -2.85. The zero-order chi connectivity index (χ0) is 26.9. The van der Waals surface area contributed by atoms with Crippen LogP contribution in [-0.4, -0.2) is 46.0 Å². The number of rotatable bonds is 9. The van der Waals surface area contributed by atoms with Crippen molar-refractivity contribution >= 4 is 23.9 Å². The van der Waals surface area contributed by atoms with Gasteiger partial charge < -0.3 is 19.9 Å². The second-order valence-electron chi connectivity index (χ2n) is 8.91. The van der Waals surface area contributed by atoms with Crippen LogP contribution in [0.2, 0.25) is 0 Å². The lowest BCUT2D eigenvalue weighted by Crippen LogP contribution is -2.55. The van der Waals surface area contributed by atoms with Gasteiger partial charge in [0.2, 0.25) is 5.91 Å². The molecule has 2 atom stereocenters. The first-order valence-corrected chi connectivity index (χ1v) is 12.2. The summed E-state index contributed by atoms with van der Waals surface area (Å²) in [6.07, 6.45) is -1.08. The molecule has 9 nitrogen and oxygen atoms in total. The molecule has 2 amide bonds. The van der Waals surface area contributed by atoms with Crippen molar-refractivity contribution < 1.29 is 33.8 Å². The average molecular weight is 517 g/mol. The number of ether oxygens (including phenoxy) is 2. The van der Waals surface area contributed by atoms with Crippen LogP contribution in [0.25, 0.3) is 0 Å². The number of aliphatic carboxylic acids is 1. The topological polar surface area (TPSA) is 122 Å². The van der Waals surface area contributed by atoms with Crippen molar-refractivity contribution in [1.82, 2.24) is 10.2 Å². The standard InChI is InChI=1S/C29H28N2O7/c32-26(37-18-20-9-3-1-4-10-20)16-24(28(34)35)30-27(33)25-15-22-13-7-8-14-23(22)17-31(25)29(36)38-19-21-11-5-2-6-12-21/h1-14,24-25H,15-19H2,(H,30,33)(H,34,35)/t24-,25+/m1/s1. The Balaban J connectivity index is 1.43. The Morgan fingerprint density at radius 1 is 0.816 bits per heavy atom. The number of amides is 2. The largest absolute Gasteiger partial charge is 0.480 e. The summed E-state index contributed by atoms with van der Waals surface area (Å²) in [5, 5.41) is 12.1. The Hall–Kier alpha value is -4.66. The van der Waals surface area contributed by atoms with Crippen molar-refractivity contribution in [1.29, 1.82) is 0 Å². The Bertz CT molecular complexity index is 1280. The number of benzene rings is 3. The van der Waals surface area contributed by atoms with E-state index in [1.165, 1.54) is 4.90 Å². The van der Waals surface area contributed by atoms with Crippen molar-refractivity contribution in [3.8, 4) is 0 Å². The van der Waals surface area contributed by atoms with Gasteiger partial charge in [-0.25, -0.2) is 9.59 Å². The van der Waals surface area contributed by atoms with Crippen LogP contribution in [0.5, 0.6) is 0 Å². The molecule has 1 aliphatic heterocycles. The normalized spacial score (nSPS) is 15.1. The van der Waals surface area contributed by atoms with Crippen LogP contribution in [-0.2, 0) is 50.0 Å². The fraction of sp³-hybridized carbons (Fsp3) is 0.241. The molecule has 0 radical (unpaired) electrons. The molecule has 3 aromatic rings. The maximum absolute atomic E-state index is 13.3. The van der Waals surface area contributed by atoms with Gasteiger partial charge in [0, 0.05) is 6.42 Å². The zero-order valence-corrected chi connectivity index (χ0v) is 20.6. The molecule has 1 heterocycles. The fourth-order valence-corrected chi connectivity index (χ4v) is 4.18. The summed E-state index contributed by atoms with van der Waals surface area (Å²) in [5.41, 5.74) is 3.28. The quantitative estimate of drug-likeness (QED) is 0.418. The SMILES string of the molecule is O=C(C[C@@H](NC(=O)[C@@H]1Cc2ccccc2CN1C(=O)OCc1ccccc1)C(=O)O)OCc1ccccc1. The monoisotopic (exact) mass is 516 g/mol. The smallest absolute Gasteiger partial charge is 0.411 e. The van der Waals surface area contributed by atoms with E-state index in [9.17, 15) is 24.3 Å². The Morgan fingerprint density at radius 3 is 1.97 bits per heavy atom. The van der Waals surface area contributed by atoms with Crippen LogP contribution in [0.15, 0.2) is 84.9 Å². The molecule has 196 valence electrons. The van der Waals surface area contributed by atoms with Crippen LogP contribution in [0.3, 0.4) is 0 Å². The van der Waals surface area contributed by atoms with Crippen molar-refractivity contribution in [2.24, 2.45) is 0 Å². The molecule has 0 unspecified atom stereocenters. The number of carboxylic acid groups (broad SMARTS) is 1. The van der Waals surface area contributed by atoms with E-state index in [0.29, 0.717) is 0 Å². The minimum absolute atomic E-state index is 0.0135.